The lowest BCUT2D eigenvalue weighted by molar-refractivity contribution is -0.131. The molecule has 0 atom stereocenters. The molecular weight excluding hydrogens is 452 g/mol. The third-order valence-electron chi connectivity index (χ3n) is 4.32. The predicted molar refractivity (Wildman–Crippen MR) is 116 cm³/mol. The van der Waals surface area contributed by atoms with Crippen LogP contribution >= 0.6 is 15.9 Å². The third-order valence-corrected chi connectivity index (χ3v) is 6.27. The highest BCUT2D eigenvalue weighted by molar-refractivity contribution is 9.10. The van der Waals surface area contributed by atoms with Gasteiger partial charge in [0.05, 0.1) is 11.4 Å². The van der Waals surface area contributed by atoms with Gasteiger partial charge >= 0.3 is 0 Å². The lowest BCUT2D eigenvalue weighted by Gasteiger charge is -2.23. The summed E-state index contributed by atoms with van der Waals surface area (Å²) >= 11 is 3.28. The molecule has 0 saturated carbocycles. The Morgan fingerprint density at radius 2 is 1.28 bits per heavy atom. The molecule has 0 aliphatic carbocycles. The molecule has 3 aromatic carbocycles. The normalized spacial score (nSPS) is 11.2. The van der Waals surface area contributed by atoms with Crippen LogP contribution in [0.5, 0.6) is 0 Å². The maximum Gasteiger partial charge on any atom is 0.241 e. The Morgan fingerprint density at radius 1 is 0.793 bits per heavy atom. The van der Waals surface area contributed by atoms with Crippen LogP contribution < -0.4 is 4.72 Å². The number of carbonyl (C=O) groups is 1. The fourth-order valence-electron chi connectivity index (χ4n) is 2.81. The molecule has 0 bridgehead atoms. The fourth-order valence-corrected chi connectivity index (χ4v) is 4.04. The van der Waals surface area contributed by atoms with Crippen molar-refractivity contribution in [2.45, 2.75) is 18.0 Å². The minimum Gasteiger partial charge on any atom is -0.333 e. The number of hydrogen-bond acceptors (Lipinski definition) is 3. The smallest absolute Gasteiger partial charge is 0.241 e. The summed E-state index contributed by atoms with van der Waals surface area (Å²) in [6.45, 7) is 0.487. The lowest BCUT2D eigenvalue weighted by Crippen LogP contribution is -2.39. The molecule has 0 aromatic heterocycles. The summed E-state index contributed by atoms with van der Waals surface area (Å²) in [5, 5.41) is 0. The highest BCUT2D eigenvalue weighted by atomic mass is 79.9. The van der Waals surface area contributed by atoms with E-state index in [-0.39, 0.29) is 17.3 Å². The molecule has 0 radical (unpaired) electrons. The Kier molecular flexibility index (Phi) is 7.19. The molecule has 0 spiro atoms. The average Bonchev–Trinajstić information content (AvgIpc) is 2.73. The molecule has 0 fully saturated rings. The number of halogens is 1. The van der Waals surface area contributed by atoms with Crippen molar-refractivity contribution in [2.75, 3.05) is 6.54 Å². The van der Waals surface area contributed by atoms with E-state index in [1.165, 1.54) is 12.1 Å². The summed E-state index contributed by atoms with van der Waals surface area (Å²) in [7, 11) is -3.77. The zero-order valence-corrected chi connectivity index (χ0v) is 18.1. The SMILES string of the molecule is O=C(CNS(=O)(=O)c1ccc(Br)cc1)N(Cc1ccccc1)Cc1ccccc1. The van der Waals surface area contributed by atoms with Crippen LogP contribution in [0.15, 0.2) is 94.3 Å². The lowest BCUT2D eigenvalue weighted by atomic mass is 10.1. The minimum absolute atomic E-state index is 0.117. The van der Waals surface area contributed by atoms with Crippen LogP contribution in [0.1, 0.15) is 11.1 Å². The van der Waals surface area contributed by atoms with Crippen LogP contribution in [-0.2, 0) is 27.9 Å². The van der Waals surface area contributed by atoms with Crippen molar-refractivity contribution < 1.29 is 13.2 Å². The van der Waals surface area contributed by atoms with Gasteiger partial charge in [-0.15, -0.1) is 0 Å². The summed E-state index contributed by atoms with van der Waals surface area (Å²) in [5.74, 6) is -0.293. The first-order valence-electron chi connectivity index (χ1n) is 9.05. The monoisotopic (exact) mass is 472 g/mol. The molecule has 0 heterocycles. The van der Waals surface area contributed by atoms with Gasteiger partial charge in [-0.05, 0) is 35.4 Å². The second kappa shape index (κ2) is 9.82. The molecule has 0 saturated heterocycles. The van der Waals surface area contributed by atoms with Crippen molar-refractivity contribution in [1.29, 1.82) is 0 Å². The maximum atomic E-state index is 12.9. The highest BCUT2D eigenvalue weighted by Gasteiger charge is 2.19. The molecule has 0 aliphatic heterocycles. The van der Waals surface area contributed by atoms with Crippen LogP contribution in [0.4, 0.5) is 0 Å². The number of carbonyl (C=O) groups excluding carboxylic acids is 1. The van der Waals surface area contributed by atoms with Gasteiger partial charge in [-0.25, -0.2) is 13.1 Å². The number of amides is 1. The zero-order valence-electron chi connectivity index (χ0n) is 15.7. The Labute approximate surface area is 179 Å². The topological polar surface area (TPSA) is 66.5 Å². The summed E-state index contributed by atoms with van der Waals surface area (Å²) in [4.78, 5) is 14.6. The van der Waals surface area contributed by atoms with E-state index in [0.29, 0.717) is 13.1 Å². The highest BCUT2D eigenvalue weighted by Crippen LogP contribution is 2.15. The maximum absolute atomic E-state index is 12.9. The molecule has 0 aliphatic rings. The van der Waals surface area contributed by atoms with Crippen LogP contribution in [-0.4, -0.2) is 25.8 Å². The van der Waals surface area contributed by atoms with Crippen molar-refractivity contribution >= 4 is 31.9 Å². The molecule has 150 valence electrons. The first-order chi connectivity index (χ1) is 13.9. The molecular formula is C22H21BrN2O3S. The van der Waals surface area contributed by atoms with Gasteiger partial charge in [0, 0.05) is 17.6 Å². The number of nitrogens with one attached hydrogen (secondary N) is 1. The van der Waals surface area contributed by atoms with E-state index in [4.69, 9.17) is 0 Å². The van der Waals surface area contributed by atoms with Crippen LogP contribution in [0, 0.1) is 0 Å². The number of sulfonamides is 1. The molecule has 7 heteroatoms. The first kappa shape index (κ1) is 21.2. The van der Waals surface area contributed by atoms with Gasteiger partial charge in [-0.2, -0.15) is 0 Å². The van der Waals surface area contributed by atoms with Crippen molar-refractivity contribution in [3.63, 3.8) is 0 Å². The van der Waals surface area contributed by atoms with Crippen molar-refractivity contribution in [3.05, 3.63) is 101 Å². The average molecular weight is 473 g/mol. The van der Waals surface area contributed by atoms with Crippen molar-refractivity contribution in [3.8, 4) is 0 Å². The summed E-state index contributed by atoms with van der Waals surface area (Å²) in [6.07, 6.45) is 0. The number of rotatable bonds is 8. The van der Waals surface area contributed by atoms with E-state index >= 15 is 0 Å². The molecule has 1 amide bonds. The van der Waals surface area contributed by atoms with Gasteiger partial charge in [0.1, 0.15) is 0 Å². The number of nitrogens with zero attached hydrogens (tertiary/aromatic N) is 1. The second-order valence-electron chi connectivity index (χ2n) is 6.50. The van der Waals surface area contributed by atoms with Crippen molar-refractivity contribution in [2.24, 2.45) is 0 Å². The molecule has 3 aromatic rings. The quantitative estimate of drug-likeness (QED) is 0.539. The van der Waals surface area contributed by atoms with Gasteiger partial charge < -0.3 is 4.90 Å². The first-order valence-corrected chi connectivity index (χ1v) is 11.3. The molecule has 0 unspecified atom stereocenters. The Hall–Kier alpha value is -2.48. The summed E-state index contributed by atoms with van der Waals surface area (Å²) in [5.41, 5.74) is 1.96. The predicted octanol–water partition coefficient (Wildman–Crippen LogP) is 3.96. The van der Waals surface area contributed by atoms with Gasteiger partial charge in [0.25, 0.3) is 0 Å². The second-order valence-corrected chi connectivity index (χ2v) is 9.18. The molecule has 29 heavy (non-hydrogen) atoms. The van der Waals surface area contributed by atoms with E-state index in [9.17, 15) is 13.2 Å². The summed E-state index contributed by atoms with van der Waals surface area (Å²) < 4.78 is 28.2. The Balaban J connectivity index is 1.72. The van der Waals surface area contributed by atoms with E-state index in [2.05, 4.69) is 20.7 Å². The molecule has 5 nitrogen and oxygen atoms in total. The van der Waals surface area contributed by atoms with E-state index in [1.807, 2.05) is 60.7 Å². The van der Waals surface area contributed by atoms with Crippen LogP contribution in [0.25, 0.3) is 0 Å². The number of benzene rings is 3. The van der Waals surface area contributed by atoms with Gasteiger partial charge in [0.15, 0.2) is 0 Å². The third kappa shape index (κ3) is 6.25. The Morgan fingerprint density at radius 3 is 1.76 bits per heavy atom. The van der Waals surface area contributed by atoms with Crippen molar-refractivity contribution in [1.82, 2.24) is 9.62 Å². The minimum atomic E-state index is -3.77. The summed E-state index contributed by atoms with van der Waals surface area (Å²) in [6, 6.07) is 25.5. The van der Waals surface area contributed by atoms with Gasteiger partial charge in [0.2, 0.25) is 15.9 Å². The molecule has 1 N–H and O–H groups in total. The number of hydrogen-bond donors (Lipinski definition) is 1. The molecule has 3 rings (SSSR count). The Bertz CT molecular complexity index is 999. The van der Waals surface area contributed by atoms with Crippen LogP contribution in [0.3, 0.4) is 0 Å². The van der Waals surface area contributed by atoms with Gasteiger partial charge in [-0.1, -0.05) is 76.6 Å². The van der Waals surface area contributed by atoms with E-state index < -0.39 is 10.0 Å². The van der Waals surface area contributed by atoms with E-state index in [1.54, 1.807) is 17.0 Å². The standard InChI is InChI=1S/C22H21BrN2O3S/c23-20-11-13-21(14-12-20)29(27,28)24-15-22(26)25(16-18-7-3-1-4-8-18)17-19-9-5-2-6-10-19/h1-14,24H,15-17H2. The largest absolute Gasteiger partial charge is 0.333 e. The zero-order chi connectivity index (χ0) is 20.7. The van der Waals surface area contributed by atoms with Gasteiger partial charge in [-0.3, -0.25) is 4.79 Å². The van der Waals surface area contributed by atoms with Crippen LogP contribution in [0.2, 0.25) is 0 Å². The fraction of sp³-hybridized carbons (Fsp3) is 0.136. The van der Waals surface area contributed by atoms with E-state index in [0.717, 1.165) is 15.6 Å².